The second-order valence-corrected chi connectivity index (χ2v) is 12.0. The number of carbonyl (C=O) groups excluding carboxylic acids is 2. The Kier molecular flexibility index (Phi) is 10.3. The van der Waals surface area contributed by atoms with Crippen LogP contribution in [0.2, 0.25) is 0 Å². The van der Waals surface area contributed by atoms with Crippen LogP contribution in [0.4, 0.5) is 5.69 Å². The lowest BCUT2D eigenvalue weighted by molar-refractivity contribution is -0.140. The zero-order chi connectivity index (χ0) is 28.6. The lowest BCUT2D eigenvalue weighted by Crippen LogP contribution is -2.54. The third-order valence-corrected chi connectivity index (χ3v) is 7.91. The number of nitrogens with one attached hydrogen (secondary N) is 1. The standard InChI is InChI=1S/C31H39N3O4S/c1-6-25(4)32-31(36)29(20-26-13-9-7-10-14-26)33(21-27-15-11-8-12-16-27)30(35)22-34(39(5,37)38)28-19-23(2)17-18-24(28)3/h7-19,25,29H,6,20-22H2,1-5H3,(H,32,36)/t25-,29+/m0/s1. The molecular formula is C31H39N3O4S. The summed E-state index contributed by atoms with van der Waals surface area (Å²) in [6, 6.07) is 23.6. The third kappa shape index (κ3) is 8.42. The van der Waals surface area contributed by atoms with E-state index in [1.807, 2.05) is 100 Å². The maximum absolute atomic E-state index is 14.1. The lowest BCUT2D eigenvalue weighted by atomic mass is 10.0. The fraction of sp³-hybridized carbons (Fsp3) is 0.355. The normalized spacial score (nSPS) is 12.8. The predicted octanol–water partition coefficient (Wildman–Crippen LogP) is 4.62. The Morgan fingerprint density at radius 2 is 1.49 bits per heavy atom. The van der Waals surface area contributed by atoms with Crippen LogP contribution in [-0.4, -0.2) is 50.0 Å². The van der Waals surface area contributed by atoms with E-state index >= 15 is 0 Å². The van der Waals surface area contributed by atoms with Crippen molar-refractivity contribution < 1.29 is 18.0 Å². The van der Waals surface area contributed by atoms with Gasteiger partial charge in [0.2, 0.25) is 21.8 Å². The van der Waals surface area contributed by atoms with Gasteiger partial charge in [0.25, 0.3) is 0 Å². The van der Waals surface area contributed by atoms with Crippen molar-refractivity contribution in [2.75, 3.05) is 17.1 Å². The molecule has 3 rings (SSSR count). The van der Waals surface area contributed by atoms with Gasteiger partial charge in [0.15, 0.2) is 0 Å². The third-order valence-electron chi connectivity index (χ3n) is 6.78. The fourth-order valence-electron chi connectivity index (χ4n) is 4.36. The lowest BCUT2D eigenvalue weighted by Gasteiger charge is -2.34. The molecular weight excluding hydrogens is 510 g/mol. The molecule has 0 unspecified atom stereocenters. The molecule has 0 aliphatic rings. The van der Waals surface area contributed by atoms with Crippen LogP contribution in [0.5, 0.6) is 0 Å². The Labute approximate surface area is 232 Å². The van der Waals surface area contributed by atoms with Crippen molar-refractivity contribution in [3.8, 4) is 0 Å². The van der Waals surface area contributed by atoms with E-state index in [4.69, 9.17) is 0 Å². The Morgan fingerprint density at radius 3 is 2.05 bits per heavy atom. The molecule has 0 saturated carbocycles. The van der Waals surface area contributed by atoms with Crippen LogP contribution in [0.3, 0.4) is 0 Å². The summed E-state index contributed by atoms with van der Waals surface area (Å²) in [5, 5.41) is 3.04. The van der Waals surface area contributed by atoms with E-state index in [9.17, 15) is 18.0 Å². The number of aryl methyl sites for hydroxylation is 2. The van der Waals surface area contributed by atoms with Crippen molar-refractivity contribution in [3.63, 3.8) is 0 Å². The molecule has 1 N–H and O–H groups in total. The Morgan fingerprint density at radius 1 is 0.897 bits per heavy atom. The highest BCUT2D eigenvalue weighted by Gasteiger charge is 2.33. The molecule has 0 heterocycles. The van der Waals surface area contributed by atoms with Gasteiger partial charge in [-0.15, -0.1) is 0 Å². The zero-order valence-corrected chi connectivity index (χ0v) is 24.2. The van der Waals surface area contributed by atoms with Crippen LogP contribution < -0.4 is 9.62 Å². The fourth-order valence-corrected chi connectivity index (χ4v) is 5.26. The first-order valence-corrected chi connectivity index (χ1v) is 15.1. The largest absolute Gasteiger partial charge is 0.352 e. The number of sulfonamides is 1. The minimum Gasteiger partial charge on any atom is -0.352 e. The second-order valence-electron chi connectivity index (χ2n) is 10.1. The number of rotatable bonds is 12. The molecule has 0 aromatic heterocycles. The maximum Gasteiger partial charge on any atom is 0.244 e. The first-order valence-electron chi connectivity index (χ1n) is 13.2. The molecule has 8 heteroatoms. The smallest absolute Gasteiger partial charge is 0.244 e. The topological polar surface area (TPSA) is 86.8 Å². The average molecular weight is 550 g/mol. The van der Waals surface area contributed by atoms with Crippen LogP contribution >= 0.6 is 0 Å². The maximum atomic E-state index is 14.1. The van der Waals surface area contributed by atoms with E-state index in [0.29, 0.717) is 12.1 Å². The summed E-state index contributed by atoms with van der Waals surface area (Å²) in [5.41, 5.74) is 3.82. The van der Waals surface area contributed by atoms with Gasteiger partial charge in [-0.1, -0.05) is 79.7 Å². The number of carbonyl (C=O) groups is 2. The molecule has 208 valence electrons. The number of nitrogens with zero attached hydrogens (tertiary/aromatic N) is 2. The number of hydrogen-bond donors (Lipinski definition) is 1. The molecule has 3 aromatic rings. The molecule has 0 aliphatic heterocycles. The van der Waals surface area contributed by atoms with Gasteiger partial charge < -0.3 is 10.2 Å². The van der Waals surface area contributed by atoms with Crippen LogP contribution in [0, 0.1) is 13.8 Å². The van der Waals surface area contributed by atoms with Gasteiger partial charge in [0, 0.05) is 19.0 Å². The molecule has 7 nitrogen and oxygen atoms in total. The van der Waals surface area contributed by atoms with E-state index in [2.05, 4.69) is 5.32 Å². The van der Waals surface area contributed by atoms with E-state index in [-0.39, 0.29) is 18.5 Å². The Hall–Kier alpha value is -3.65. The molecule has 3 aromatic carbocycles. The quantitative estimate of drug-likeness (QED) is 0.357. The molecule has 0 bridgehead atoms. The highest BCUT2D eigenvalue weighted by atomic mass is 32.2. The van der Waals surface area contributed by atoms with Crippen molar-refractivity contribution in [1.29, 1.82) is 0 Å². The number of amides is 2. The monoisotopic (exact) mass is 549 g/mol. The first kappa shape index (κ1) is 29.9. The highest BCUT2D eigenvalue weighted by molar-refractivity contribution is 7.92. The summed E-state index contributed by atoms with van der Waals surface area (Å²) in [5.74, 6) is -0.722. The van der Waals surface area contributed by atoms with Gasteiger partial charge in [-0.05, 0) is 55.5 Å². The second kappa shape index (κ2) is 13.4. The number of hydrogen-bond acceptors (Lipinski definition) is 4. The van der Waals surface area contributed by atoms with E-state index in [1.165, 1.54) is 4.90 Å². The van der Waals surface area contributed by atoms with E-state index < -0.39 is 28.5 Å². The van der Waals surface area contributed by atoms with Crippen LogP contribution in [0.15, 0.2) is 78.9 Å². The minimum atomic E-state index is -3.80. The average Bonchev–Trinajstić information content (AvgIpc) is 2.91. The SMILES string of the molecule is CC[C@H](C)NC(=O)[C@@H](Cc1ccccc1)N(Cc1ccccc1)C(=O)CN(c1cc(C)ccc1C)S(C)(=O)=O. The van der Waals surface area contributed by atoms with Gasteiger partial charge in [-0.25, -0.2) is 8.42 Å². The summed E-state index contributed by atoms with van der Waals surface area (Å²) in [4.78, 5) is 29.3. The molecule has 0 aliphatic carbocycles. The summed E-state index contributed by atoms with van der Waals surface area (Å²) < 4.78 is 27.1. The van der Waals surface area contributed by atoms with Crippen molar-refractivity contribution in [2.24, 2.45) is 0 Å². The van der Waals surface area contributed by atoms with Gasteiger partial charge >= 0.3 is 0 Å². The Balaban J connectivity index is 2.06. The molecule has 2 atom stereocenters. The molecule has 0 saturated heterocycles. The van der Waals surface area contributed by atoms with Crippen molar-refractivity contribution in [3.05, 3.63) is 101 Å². The first-order chi connectivity index (χ1) is 18.5. The van der Waals surface area contributed by atoms with Crippen LogP contribution in [0.25, 0.3) is 0 Å². The molecule has 0 radical (unpaired) electrons. The van der Waals surface area contributed by atoms with Crippen molar-refractivity contribution in [1.82, 2.24) is 10.2 Å². The minimum absolute atomic E-state index is 0.0769. The van der Waals surface area contributed by atoms with Gasteiger partial charge in [-0.3, -0.25) is 13.9 Å². The summed E-state index contributed by atoms with van der Waals surface area (Å²) in [7, 11) is -3.80. The highest BCUT2D eigenvalue weighted by Crippen LogP contribution is 2.25. The molecule has 2 amide bonds. The van der Waals surface area contributed by atoms with E-state index in [1.54, 1.807) is 6.07 Å². The van der Waals surface area contributed by atoms with Gasteiger partial charge in [0.1, 0.15) is 12.6 Å². The number of anilines is 1. The molecule has 39 heavy (non-hydrogen) atoms. The Bertz CT molecular complexity index is 1360. The summed E-state index contributed by atoms with van der Waals surface area (Å²) in [6.45, 7) is 7.34. The predicted molar refractivity (Wildman–Crippen MR) is 157 cm³/mol. The number of benzene rings is 3. The van der Waals surface area contributed by atoms with E-state index in [0.717, 1.165) is 39.2 Å². The zero-order valence-electron chi connectivity index (χ0n) is 23.4. The van der Waals surface area contributed by atoms with Crippen LogP contribution in [-0.2, 0) is 32.6 Å². The molecule has 0 fully saturated rings. The van der Waals surface area contributed by atoms with Crippen LogP contribution in [0.1, 0.15) is 42.5 Å². The van der Waals surface area contributed by atoms with Gasteiger partial charge in [0.05, 0.1) is 11.9 Å². The van der Waals surface area contributed by atoms with Gasteiger partial charge in [-0.2, -0.15) is 0 Å². The van der Waals surface area contributed by atoms with Crippen molar-refractivity contribution >= 4 is 27.5 Å². The summed E-state index contributed by atoms with van der Waals surface area (Å²) in [6.07, 6.45) is 2.13. The summed E-state index contributed by atoms with van der Waals surface area (Å²) >= 11 is 0. The van der Waals surface area contributed by atoms with Crippen molar-refractivity contribution in [2.45, 2.75) is 59.2 Å². The molecule has 0 spiro atoms.